The van der Waals surface area contributed by atoms with Gasteiger partial charge >= 0.3 is 0 Å². The molecule has 1 aliphatic rings. The standard InChI is InChI=1S/C11H13ClN2O2/c12-9-3-4-13-5-8(9)11(16)14-6-10(15)7-1-2-7/h3-5,7,10,15H,1-2,6H2,(H,14,16). The highest BCUT2D eigenvalue weighted by molar-refractivity contribution is 6.33. The predicted octanol–water partition coefficient (Wildman–Crippen LogP) is 1.24. The fraction of sp³-hybridized carbons (Fsp3) is 0.455. The molecule has 1 amide bonds. The molecule has 0 saturated heterocycles. The van der Waals surface area contributed by atoms with Gasteiger partial charge in [-0.25, -0.2) is 0 Å². The van der Waals surface area contributed by atoms with Crippen molar-refractivity contribution in [2.45, 2.75) is 18.9 Å². The summed E-state index contributed by atoms with van der Waals surface area (Å²) in [5.41, 5.74) is 0.340. The molecule has 2 N–H and O–H groups in total. The third kappa shape index (κ3) is 2.71. The van der Waals surface area contributed by atoms with Crippen LogP contribution in [-0.2, 0) is 0 Å². The molecule has 1 atom stereocenters. The average Bonchev–Trinajstić information content (AvgIpc) is 3.10. The Morgan fingerprint density at radius 3 is 3.06 bits per heavy atom. The number of pyridine rings is 1. The summed E-state index contributed by atoms with van der Waals surface area (Å²) >= 11 is 5.85. The lowest BCUT2D eigenvalue weighted by Gasteiger charge is -2.10. The zero-order valence-electron chi connectivity index (χ0n) is 8.69. The minimum Gasteiger partial charge on any atom is -0.391 e. The van der Waals surface area contributed by atoms with E-state index in [0.717, 1.165) is 12.8 Å². The molecule has 2 rings (SSSR count). The lowest BCUT2D eigenvalue weighted by atomic mass is 10.2. The van der Waals surface area contributed by atoms with Crippen molar-refractivity contribution in [1.29, 1.82) is 0 Å². The summed E-state index contributed by atoms with van der Waals surface area (Å²) in [4.78, 5) is 15.5. The highest BCUT2D eigenvalue weighted by Gasteiger charge is 2.29. The second-order valence-corrected chi connectivity index (χ2v) is 4.38. The second kappa shape index (κ2) is 4.80. The van der Waals surface area contributed by atoms with Crippen molar-refractivity contribution in [3.63, 3.8) is 0 Å². The zero-order chi connectivity index (χ0) is 11.5. The Morgan fingerprint density at radius 2 is 2.44 bits per heavy atom. The van der Waals surface area contributed by atoms with E-state index in [1.165, 1.54) is 12.4 Å². The van der Waals surface area contributed by atoms with Gasteiger partial charge < -0.3 is 10.4 Å². The molecule has 0 radical (unpaired) electrons. The first kappa shape index (κ1) is 11.4. The van der Waals surface area contributed by atoms with E-state index in [1.807, 2.05) is 0 Å². The summed E-state index contributed by atoms with van der Waals surface area (Å²) in [6.07, 6.45) is 4.59. The number of carbonyl (C=O) groups is 1. The van der Waals surface area contributed by atoms with E-state index >= 15 is 0 Å². The maximum Gasteiger partial charge on any atom is 0.254 e. The molecule has 1 fully saturated rings. The van der Waals surface area contributed by atoms with Gasteiger partial charge in [0, 0.05) is 18.9 Å². The van der Waals surface area contributed by atoms with Crippen LogP contribution in [-0.4, -0.2) is 28.6 Å². The Kier molecular flexibility index (Phi) is 3.41. The van der Waals surface area contributed by atoms with Gasteiger partial charge in [0.25, 0.3) is 5.91 Å². The van der Waals surface area contributed by atoms with Crippen LogP contribution in [0, 0.1) is 5.92 Å². The maximum absolute atomic E-state index is 11.7. The topological polar surface area (TPSA) is 62.2 Å². The molecule has 1 unspecified atom stereocenters. The van der Waals surface area contributed by atoms with Crippen molar-refractivity contribution >= 4 is 17.5 Å². The molecule has 1 aromatic rings. The Bertz CT molecular complexity index is 393. The summed E-state index contributed by atoms with van der Waals surface area (Å²) in [5.74, 6) is 0.0578. The molecule has 0 aliphatic heterocycles. The van der Waals surface area contributed by atoms with Gasteiger partial charge in [0.05, 0.1) is 16.7 Å². The number of carbonyl (C=O) groups excluding carboxylic acids is 1. The van der Waals surface area contributed by atoms with Crippen LogP contribution in [0.3, 0.4) is 0 Å². The number of aromatic nitrogens is 1. The first-order valence-electron chi connectivity index (χ1n) is 5.24. The number of hydrogen-bond donors (Lipinski definition) is 2. The number of nitrogens with one attached hydrogen (secondary N) is 1. The largest absolute Gasteiger partial charge is 0.391 e. The van der Waals surface area contributed by atoms with Crippen LogP contribution < -0.4 is 5.32 Å². The minimum absolute atomic E-state index is 0.273. The summed E-state index contributed by atoms with van der Waals surface area (Å²) < 4.78 is 0. The zero-order valence-corrected chi connectivity index (χ0v) is 9.44. The fourth-order valence-electron chi connectivity index (χ4n) is 1.48. The van der Waals surface area contributed by atoms with Gasteiger partial charge in [-0.1, -0.05) is 11.6 Å². The third-order valence-corrected chi connectivity index (χ3v) is 2.98. The lowest BCUT2D eigenvalue weighted by Crippen LogP contribution is -2.33. The van der Waals surface area contributed by atoms with E-state index in [1.54, 1.807) is 6.07 Å². The van der Waals surface area contributed by atoms with Crippen LogP contribution >= 0.6 is 11.6 Å². The van der Waals surface area contributed by atoms with Crippen LogP contribution in [0.2, 0.25) is 5.02 Å². The summed E-state index contributed by atoms with van der Waals surface area (Å²) in [7, 11) is 0. The molecule has 1 aromatic heterocycles. The van der Waals surface area contributed by atoms with Crippen molar-refractivity contribution in [2.75, 3.05) is 6.54 Å². The first-order chi connectivity index (χ1) is 7.68. The number of nitrogens with zero attached hydrogens (tertiary/aromatic N) is 1. The second-order valence-electron chi connectivity index (χ2n) is 3.97. The summed E-state index contributed by atoms with van der Waals surface area (Å²) in [6.45, 7) is 0.273. The van der Waals surface area contributed by atoms with Crippen LogP contribution in [0.5, 0.6) is 0 Å². The molecule has 4 nitrogen and oxygen atoms in total. The van der Waals surface area contributed by atoms with E-state index in [0.29, 0.717) is 16.5 Å². The van der Waals surface area contributed by atoms with Gasteiger partial charge in [0.1, 0.15) is 0 Å². The Balaban J connectivity index is 1.90. The van der Waals surface area contributed by atoms with Gasteiger partial charge in [-0.2, -0.15) is 0 Å². The van der Waals surface area contributed by atoms with Crippen LogP contribution in [0.15, 0.2) is 18.5 Å². The van der Waals surface area contributed by atoms with Crippen molar-refractivity contribution < 1.29 is 9.90 Å². The molecule has 1 aliphatic carbocycles. The molecule has 86 valence electrons. The van der Waals surface area contributed by atoms with Gasteiger partial charge in [-0.15, -0.1) is 0 Å². The van der Waals surface area contributed by atoms with Crippen LogP contribution in [0.4, 0.5) is 0 Å². The SMILES string of the molecule is O=C(NCC(O)C1CC1)c1cnccc1Cl. The molecule has 0 bridgehead atoms. The number of halogens is 1. The highest BCUT2D eigenvalue weighted by Crippen LogP contribution is 2.32. The smallest absolute Gasteiger partial charge is 0.254 e. The number of rotatable bonds is 4. The van der Waals surface area contributed by atoms with Gasteiger partial charge in [-0.05, 0) is 24.8 Å². The van der Waals surface area contributed by atoms with Crippen molar-refractivity contribution in [1.82, 2.24) is 10.3 Å². The number of amides is 1. The monoisotopic (exact) mass is 240 g/mol. The quantitative estimate of drug-likeness (QED) is 0.832. The van der Waals surface area contributed by atoms with E-state index < -0.39 is 6.10 Å². The summed E-state index contributed by atoms with van der Waals surface area (Å²) in [5, 5.41) is 12.6. The Morgan fingerprint density at radius 1 is 1.69 bits per heavy atom. The van der Waals surface area contributed by atoms with E-state index in [2.05, 4.69) is 10.3 Å². The normalized spacial score (nSPS) is 16.9. The van der Waals surface area contributed by atoms with Gasteiger partial charge in [0.15, 0.2) is 0 Å². The third-order valence-electron chi connectivity index (χ3n) is 2.65. The molecule has 1 heterocycles. The molecule has 1 saturated carbocycles. The number of aliphatic hydroxyl groups excluding tert-OH is 1. The molecule has 0 aromatic carbocycles. The summed E-state index contributed by atoms with van der Waals surface area (Å²) in [6, 6.07) is 1.56. The van der Waals surface area contributed by atoms with E-state index in [-0.39, 0.29) is 12.5 Å². The van der Waals surface area contributed by atoms with Gasteiger partial charge in [0.2, 0.25) is 0 Å². The Hall–Kier alpha value is -1.13. The molecular weight excluding hydrogens is 228 g/mol. The van der Waals surface area contributed by atoms with E-state index in [9.17, 15) is 9.90 Å². The van der Waals surface area contributed by atoms with Crippen LogP contribution in [0.25, 0.3) is 0 Å². The number of hydrogen-bond acceptors (Lipinski definition) is 3. The maximum atomic E-state index is 11.7. The number of aliphatic hydroxyl groups is 1. The molecule has 16 heavy (non-hydrogen) atoms. The van der Waals surface area contributed by atoms with Crippen molar-refractivity contribution in [2.24, 2.45) is 5.92 Å². The van der Waals surface area contributed by atoms with Crippen molar-refractivity contribution in [3.05, 3.63) is 29.0 Å². The highest BCUT2D eigenvalue weighted by atomic mass is 35.5. The molecule has 0 spiro atoms. The van der Waals surface area contributed by atoms with Crippen LogP contribution in [0.1, 0.15) is 23.2 Å². The molecular formula is C11H13ClN2O2. The lowest BCUT2D eigenvalue weighted by molar-refractivity contribution is 0.0901. The molecule has 5 heteroatoms. The predicted molar refractivity (Wildman–Crippen MR) is 60.3 cm³/mol. The Labute approximate surface area is 98.6 Å². The van der Waals surface area contributed by atoms with E-state index in [4.69, 9.17) is 11.6 Å². The van der Waals surface area contributed by atoms with Crippen molar-refractivity contribution in [3.8, 4) is 0 Å². The minimum atomic E-state index is -0.445. The average molecular weight is 241 g/mol. The fourth-order valence-corrected chi connectivity index (χ4v) is 1.68. The van der Waals surface area contributed by atoms with Gasteiger partial charge in [-0.3, -0.25) is 9.78 Å². The first-order valence-corrected chi connectivity index (χ1v) is 5.62.